The molecule has 0 spiro atoms. The number of carbonyl (C=O) groups excluding carboxylic acids is 1. The van der Waals surface area contributed by atoms with E-state index >= 15 is 0 Å². The van der Waals surface area contributed by atoms with Crippen LogP contribution in [0.15, 0.2) is 42.5 Å². The van der Waals surface area contributed by atoms with Gasteiger partial charge in [-0.05, 0) is 5.56 Å². The predicted molar refractivity (Wildman–Crippen MR) is 92.7 cm³/mol. The first-order chi connectivity index (χ1) is 12.5. The first-order valence-electron chi connectivity index (χ1n) is 7.60. The molecule has 2 aromatic carbocycles. The fourth-order valence-corrected chi connectivity index (χ4v) is 2.13. The molecule has 2 aromatic rings. The molecule has 0 atom stereocenters. The SMILES string of the molecule is COCOc1cc(OC)cc(NC(=O)OCc2ccccc2)c1C(=O)O. The van der Waals surface area contributed by atoms with Gasteiger partial charge < -0.3 is 24.1 Å². The van der Waals surface area contributed by atoms with Crippen molar-refractivity contribution in [3.05, 3.63) is 53.6 Å². The van der Waals surface area contributed by atoms with Crippen molar-refractivity contribution in [2.45, 2.75) is 6.61 Å². The minimum absolute atomic E-state index is 0.00272. The molecule has 0 aromatic heterocycles. The Morgan fingerprint density at radius 2 is 1.85 bits per heavy atom. The van der Waals surface area contributed by atoms with Crippen LogP contribution in [0, 0.1) is 0 Å². The van der Waals surface area contributed by atoms with Crippen molar-refractivity contribution in [3.8, 4) is 11.5 Å². The van der Waals surface area contributed by atoms with E-state index in [4.69, 9.17) is 18.9 Å². The number of carbonyl (C=O) groups is 2. The van der Waals surface area contributed by atoms with Crippen LogP contribution in [-0.4, -0.2) is 38.2 Å². The maximum absolute atomic E-state index is 12.1. The maximum Gasteiger partial charge on any atom is 0.411 e. The molecule has 2 N–H and O–H groups in total. The van der Waals surface area contributed by atoms with Crippen LogP contribution in [0.5, 0.6) is 11.5 Å². The number of aromatic carboxylic acids is 1. The van der Waals surface area contributed by atoms with Gasteiger partial charge in [-0.25, -0.2) is 9.59 Å². The number of hydrogen-bond donors (Lipinski definition) is 2. The van der Waals surface area contributed by atoms with Gasteiger partial charge in [0.2, 0.25) is 0 Å². The van der Waals surface area contributed by atoms with Crippen molar-refractivity contribution in [1.29, 1.82) is 0 Å². The third-order valence-electron chi connectivity index (χ3n) is 3.31. The Hall–Kier alpha value is -3.26. The Balaban J connectivity index is 2.20. The zero-order valence-corrected chi connectivity index (χ0v) is 14.4. The zero-order chi connectivity index (χ0) is 18.9. The summed E-state index contributed by atoms with van der Waals surface area (Å²) in [4.78, 5) is 23.7. The molecular formula is C18H19NO7. The van der Waals surface area contributed by atoms with Gasteiger partial charge in [-0.2, -0.15) is 0 Å². The molecule has 0 saturated heterocycles. The summed E-state index contributed by atoms with van der Waals surface area (Å²) in [5, 5.41) is 11.9. The van der Waals surface area contributed by atoms with Crippen molar-refractivity contribution < 1.29 is 33.6 Å². The number of nitrogens with one attached hydrogen (secondary N) is 1. The summed E-state index contributed by atoms with van der Waals surface area (Å²) >= 11 is 0. The minimum atomic E-state index is -1.28. The van der Waals surface area contributed by atoms with Crippen LogP contribution in [0.3, 0.4) is 0 Å². The van der Waals surface area contributed by atoms with E-state index in [1.165, 1.54) is 26.4 Å². The summed E-state index contributed by atoms with van der Waals surface area (Å²) in [7, 11) is 2.81. The van der Waals surface area contributed by atoms with Crippen molar-refractivity contribution in [1.82, 2.24) is 0 Å². The highest BCUT2D eigenvalue weighted by Crippen LogP contribution is 2.33. The molecule has 0 radical (unpaired) electrons. The predicted octanol–water partition coefficient (Wildman–Crippen LogP) is 3.12. The fraction of sp³-hybridized carbons (Fsp3) is 0.222. The van der Waals surface area contributed by atoms with E-state index in [-0.39, 0.29) is 30.4 Å². The lowest BCUT2D eigenvalue weighted by Crippen LogP contribution is -2.17. The summed E-state index contributed by atoms with van der Waals surface area (Å²) in [6.45, 7) is -0.114. The standard InChI is InChI=1S/C18H19NO7/c1-23-11-26-15-9-13(24-2)8-14(16(15)17(20)21)19-18(22)25-10-12-6-4-3-5-7-12/h3-9H,10-11H2,1-2H3,(H,19,22)(H,20,21). The Morgan fingerprint density at radius 3 is 2.46 bits per heavy atom. The largest absolute Gasteiger partial charge is 0.497 e. The maximum atomic E-state index is 12.1. The van der Waals surface area contributed by atoms with Gasteiger partial charge in [-0.1, -0.05) is 30.3 Å². The fourth-order valence-electron chi connectivity index (χ4n) is 2.13. The second-order valence-electron chi connectivity index (χ2n) is 5.09. The molecule has 0 fully saturated rings. The Labute approximate surface area is 150 Å². The van der Waals surface area contributed by atoms with Crippen molar-refractivity contribution in [3.63, 3.8) is 0 Å². The lowest BCUT2D eigenvalue weighted by molar-refractivity contribution is 0.0483. The van der Waals surface area contributed by atoms with Gasteiger partial charge in [0.05, 0.1) is 12.8 Å². The molecule has 138 valence electrons. The molecular weight excluding hydrogens is 342 g/mol. The highest BCUT2D eigenvalue weighted by atomic mass is 16.7. The topological polar surface area (TPSA) is 103 Å². The Kier molecular flexibility index (Phi) is 6.81. The molecule has 0 aliphatic heterocycles. The molecule has 8 nitrogen and oxygen atoms in total. The average molecular weight is 361 g/mol. The molecule has 2 rings (SSSR count). The van der Waals surface area contributed by atoms with E-state index in [0.29, 0.717) is 5.75 Å². The monoisotopic (exact) mass is 361 g/mol. The average Bonchev–Trinajstić information content (AvgIpc) is 2.64. The summed E-state index contributed by atoms with van der Waals surface area (Å²) in [5.41, 5.74) is 0.552. The molecule has 8 heteroatoms. The number of methoxy groups -OCH3 is 2. The normalized spacial score (nSPS) is 10.1. The molecule has 0 saturated carbocycles. The number of anilines is 1. The number of rotatable bonds is 8. The van der Waals surface area contributed by atoms with Crippen molar-refractivity contribution in [2.24, 2.45) is 0 Å². The smallest absolute Gasteiger partial charge is 0.411 e. The molecule has 0 unspecified atom stereocenters. The molecule has 0 aliphatic rings. The molecule has 1 amide bonds. The quantitative estimate of drug-likeness (QED) is 0.696. The summed E-state index contributed by atoms with van der Waals surface area (Å²) in [6, 6.07) is 11.9. The van der Waals surface area contributed by atoms with E-state index in [1.807, 2.05) is 18.2 Å². The zero-order valence-electron chi connectivity index (χ0n) is 14.4. The summed E-state index contributed by atoms with van der Waals surface area (Å²) in [6.07, 6.45) is -0.803. The molecule has 0 bridgehead atoms. The van der Waals surface area contributed by atoms with E-state index in [1.54, 1.807) is 12.1 Å². The van der Waals surface area contributed by atoms with E-state index in [0.717, 1.165) is 5.56 Å². The molecule has 0 aliphatic carbocycles. The van der Waals surface area contributed by atoms with Gasteiger partial charge in [0.25, 0.3) is 0 Å². The van der Waals surface area contributed by atoms with Gasteiger partial charge in [0, 0.05) is 19.2 Å². The van der Waals surface area contributed by atoms with Gasteiger partial charge in [-0.3, -0.25) is 5.32 Å². The second kappa shape index (κ2) is 9.28. The number of carboxylic acid groups (broad SMARTS) is 1. The van der Waals surface area contributed by atoms with Crippen LogP contribution < -0.4 is 14.8 Å². The van der Waals surface area contributed by atoms with Gasteiger partial charge >= 0.3 is 12.1 Å². The summed E-state index contributed by atoms with van der Waals surface area (Å²) < 4.78 is 20.3. The second-order valence-corrected chi connectivity index (χ2v) is 5.09. The minimum Gasteiger partial charge on any atom is -0.497 e. The van der Waals surface area contributed by atoms with Crippen LogP contribution in [0.1, 0.15) is 15.9 Å². The highest BCUT2D eigenvalue weighted by molar-refractivity contribution is 6.01. The molecule has 26 heavy (non-hydrogen) atoms. The third kappa shape index (κ3) is 5.12. The number of ether oxygens (including phenoxy) is 4. The first-order valence-corrected chi connectivity index (χ1v) is 7.60. The van der Waals surface area contributed by atoms with Crippen LogP contribution in [0.25, 0.3) is 0 Å². The highest BCUT2D eigenvalue weighted by Gasteiger charge is 2.21. The van der Waals surface area contributed by atoms with E-state index in [9.17, 15) is 14.7 Å². The van der Waals surface area contributed by atoms with Crippen LogP contribution in [0.2, 0.25) is 0 Å². The number of amides is 1. The lowest BCUT2D eigenvalue weighted by Gasteiger charge is -2.15. The lowest BCUT2D eigenvalue weighted by atomic mass is 10.1. The first kappa shape index (κ1) is 19.1. The third-order valence-corrected chi connectivity index (χ3v) is 3.31. The Bertz CT molecular complexity index is 762. The van der Waals surface area contributed by atoms with Gasteiger partial charge in [0.1, 0.15) is 23.7 Å². The number of carboxylic acids is 1. The number of benzene rings is 2. The van der Waals surface area contributed by atoms with E-state index < -0.39 is 12.1 Å². The van der Waals surface area contributed by atoms with E-state index in [2.05, 4.69) is 5.32 Å². The summed E-state index contributed by atoms with van der Waals surface area (Å²) in [5.74, 6) is -0.978. The van der Waals surface area contributed by atoms with Crippen LogP contribution in [-0.2, 0) is 16.1 Å². The van der Waals surface area contributed by atoms with Crippen LogP contribution in [0.4, 0.5) is 10.5 Å². The van der Waals surface area contributed by atoms with Crippen molar-refractivity contribution in [2.75, 3.05) is 26.3 Å². The Morgan fingerprint density at radius 1 is 1.12 bits per heavy atom. The van der Waals surface area contributed by atoms with Crippen LogP contribution >= 0.6 is 0 Å². The van der Waals surface area contributed by atoms with Crippen molar-refractivity contribution >= 4 is 17.7 Å². The molecule has 0 heterocycles. The van der Waals surface area contributed by atoms with Gasteiger partial charge in [0.15, 0.2) is 6.79 Å². The van der Waals surface area contributed by atoms with Gasteiger partial charge in [-0.15, -0.1) is 0 Å². The number of hydrogen-bond acceptors (Lipinski definition) is 6.